The first-order valence-electron chi connectivity index (χ1n) is 4.06. The van der Waals surface area contributed by atoms with E-state index in [1.165, 1.54) is 0 Å². The molecule has 0 aliphatic rings. The smallest absolute Gasteiger partial charge is 0.0105 e. The van der Waals surface area contributed by atoms with Gasteiger partial charge in [0.15, 0.2) is 0 Å². The summed E-state index contributed by atoms with van der Waals surface area (Å²) in [7, 11) is 1.97. The van der Waals surface area contributed by atoms with Gasteiger partial charge in [0.2, 0.25) is 0 Å². The normalized spacial score (nSPS) is 12.2. The van der Waals surface area contributed by atoms with Gasteiger partial charge in [-0.15, -0.1) is 5.73 Å². The largest absolute Gasteiger partial charge is 0.330 e. The lowest BCUT2D eigenvalue weighted by atomic mass is 10.1. The van der Waals surface area contributed by atoms with Gasteiger partial charge in [-0.3, -0.25) is 0 Å². The number of hydrogen-bond donors (Lipinski definition) is 2. The van der Waals surface area contributed by atoms with Crippen LogP contribution in [0.15, 0.2) is 18.4 Å². The van der Waals surface area contributed by atoms with Crippen molar-refractivity contribution in [2.24, 2.45) is 5.73 Å². The van der Waals surface area contributed by atoms with E-state index in [9.17, 15) is 0 Å². The molecule has 0 aliphatic heterocycles. The Morgan fingerprint density at radius 2 is 2.45 bits per heavy atom. The van der Waals surface area contributed by atoms with Gasteiger partial charge in [-0.25, -0.2) is 0 Å². The maximum Gasteiger partial charge on any atom is 0.0105 e. The van der Waals surface area contributed by atoms with Crippen molar-refractivity contribution in [3.8, 4) is 0 Å². The number of rotatable bonds is 6. The molecule has 0 heterocycles. The molecule has 0 saturated carbocycles. The van der Waals surface area contributed by atoms with Crippen molar-refractivity contribution >= 4 is 0 Å². The fourth-order valence-corrected chi connectivity index (χ4v) is 0.970. The molecule has 3 N–H and O–H groups in total. The fourth-order valence-electron chi connectivity index (χ4n) is 0.970. The Morgan fingerprint density at radius 3 is 2.91 bits per heavy atom. The lowest BCUT2D eigenvalue weighted by Gasteiger charge is -2.12. The van der Waals surface area contributed by atoms with E-state index in [2.05, 4.69) is 17.6 Å². The van der Waals surface area contributed by atoms with Crippen molar-refractivity contribution in [2.75, 3.05) is 13.6 Å². The highest BCUT2D eigenvalue weighted by Crippen LogP contribution is 2.00. The molecule has 0 aromatic heterocycles. The minimum atomic E-state index is 0.535. The summed E-state index contributed by atoms with van der Waals surface area (Å²) < 4.78 is 0. The molecule has 0 radical (unpaired) electrons. The lowest BCUT2D eigenvalue weighted by molar-refractivity contribution is 0.513. The minimum Gasteiger partial charge on any atom is -0.330 e. The summed E-state index contributed by atoms with van der Waals surface area (Å²) in [6.45, 7) is 4.29. The monoisotopic (exact) mass is 154 g/mol. The van der Waals surface area contributed by atoms with E-state index in [0.717, 1.165) is 25.8 Å². The molecule has 1 unspecified atom stereocenters. The van der Waals surface area contributed by atoms with Gasteiger partial charge in [0.25, 0.3) is 0 Å². The average Bonchev–Trinajstić information content (AvgIpc) is 2.05. The maximum absolute atomic E-state index is 5.39. The third-order valence-electron chi connectivity index (χ3n) is 1.71. The van der Waals surface area contributed by atoms with Crippen molar-refractivity contribution < 1.29 is 0 Å². The van der Waals surface area contributed by atoms with E-state index >= 15 is 0 Å². The first kappa shape index (κ1) is 10.4. The van der Waals surface area contributed by atoms with Crippen molar-refractivity contribution in [1.29, 1.82) is 0 Å². The van der Waals surface area contributed by atoms with Gasteiger partial charge >= 0.3 is 0 Å². The second-order valence-electron chi connectivity index (χ2n) is 2.56. The summed E-state index contributed by atoms with van der Waals surface area (Å²) in [6.07, 6.45) is 5.17. The van der Waals surface area contributed by atoms with Gasteiger partial charge in [0.1, 0.15) is 0 Å². The van der Waals surface area contributed by atoms with Crippen molar-refractivity contribution in [2.45, 2.75) is 25.3 Å². The first-order valence-corrected chi connectivity index (χ1v) is 4.06. The highest BCUT2D eigenvalue weighted by Gasteiger charge is 2.01. The van der Waals surface area contributed by atoms with Gasteiger partial charge in [-0.2, -0.15) is 0 Å². The van der Waals surface area contributed by atoms with Crippen LogP contribution in [0.5, 0.6) is 0 Å². The van der Waals surface area contributed by atoms with E-state index in [-0.39, 0.29) is 0 Å². The fraction of sp³-hybridized carbons (Fsp3) is 0.667. The molecule has 0 aliphatic carbocycles. The molecule has 2 heteroatoms. The summed E-state index contributed by atoms with van der Waals surface area (Å²) in [6, 6.07) is 0.535. The predicted molar refractivity (Wildman–Crippen MR) is 49.5 cm³/mol. The van der Waals surface area contributed by atoms with Gasteiger partial charge in [0.05, 0.1) is 0 Å². The van der Waals surface area contributed by atoms with Crippen LogP contribution in [0.1, 0.15) is 19.3 Å². The first-order chi connectivity index (χ1) is 5.35. The summed E-state index contributed by atoms with van der Waals surface area (Å²) in [5.74, 6) is 0. The summed E-state index contributed by atoms with van der Waals surface area (Å²) in [4.78, 5) is 0. The lowest BCUT2D eigenvalue weighted by Crippen LogP contribution is -2.25. The van der Waals surface area contributed by atoms with Crippen LogP contribution in [-0.2, 0) is 0 Å². The molecule has 0 aromatic carbocycles. The molecule has 2 nitrogen and oxygen atoms in total. The highest BCUT2D eigenvalue weighted by molar-refractivity contribution is 4.81. The third-order valence-corrected chi connectivity index (χ3v) is 1.71. The Bertz CT molecular complexity index is 126. The quantitative estimate of drug-likeness (QED) is 0.561. The number of hydrogen-bond acceptors (Lipinski definition) is 2. The Labute approximate surface area is 69.2 Å². The molecule has 0 fully saturated rings. The second-order valence-corrected chi connectivity index (χ2v) is 2.56. The molecule has 11 heavy (non-hydrogen) atoms. The maximum atomic E-state index is 5.39. The topological polar surface area (TPSA) is 38.0 Å². The minimum absolute atomic E-state index is 0.535. The molecular weight excluding hydrogens is 136 g/mol. The van der Waals surface area contributed by atoms with Crippen LogP contribution < -0.4 is 11.1 Å². The molecule has 0 bridgehead atoms. The zero-order valence-corrected chi connectivity index (χ0v) is 7.27. The molecule has 0 rings (SSSR count). The number of nitrogens with one attached hydrogen (secondary N) is 1. The summed E-state index contributed by atoms with van der Waals surface area (Å²) in [5.41, 5.74) is 8.16. The van der Waals surface area contributed by atoms with Crippen LogP contribution in [0.25, 0.3) is 0 Å². The molecule has 1 atom stereocenters. The van der Waals surface area contributed by atoms with Crippen LogP contribution in [-0.4, -0.2) is 19.6 Å². The van der Waals surface area contributed by atoms with Crippen LogP contribution in [0, 0.1) is 0 Å². The highest BCUT2D eigenvalue weighted by atomic mass is 14.9. The Balaban J connectivity index is 3.48. The Kier molecular flexibility index (Phi) is 7.16. The molecule has 0 saturated heterocycles. The van der Waals surface area contributed by atoms with Gasteiger partial charge in [0, 0.05) is 6.04 Å². The van der Waals surface area contributed by atoms with Gasteiger partial charge in [-0.1, -0.05) is 6.58 Å². The molecular formula is C9H18N2. The van der Waals surface area contributed by atoms with Crippen molar-refractivity contribution in [3.05, 3.63) is 18.4 Å². The third kappa shape index (κ3) is 5.86. The SMILES string of the molecule is C=C=CCC(CCCN)NC. The van der Waals surface area contributed by atoms with E-state index < -0.39 is 0 Å². The van der Waals surface area contributed by atoms with Crippen molar-refractivity contribution in [1.82, 2.24) is 5.32 Å². The zero-order valence-electron chi connectivity index (χ0n) is 7.27. The Hall–Kier alpha value is -0.560. The van der Waals surface area contributed by atoms with E-state index in [4.69, 9.17) is 5.73 Å². The van der Waals surface area contributed by atoms with Crippen molar-refractivity contribution in [3.63, 3.8) is 0 Å². The number of nitrogens with two attached hydrogens (primary N) is 1. The van der Waals surface area contributed by atoms with Crippen LogP contribution in [0.2, 0.25) is 0 Å². The van der Waals surface area contributed by atoms with Gasteiger partial charge < -0.3 is 11.1 Å². The molecule has 0 amide bonds. The zero-order chi connectivity index (χ0) is 8.53. The van der Waals surface area contributed by atoms with Crippen LogP contribution >= 0.6 is 0 Å². The Morgan fingerprint density at radius 1 is 1.73 bits per heavy atom. The standard InChI is InChI=1S/C9H18N2/c1-3-4-6-9(11-2)7-5-8-10/h4,9,11H,1,5-8,10H2,2H3. The van der Waals surface area contributed by atoms with E-state index in [1.807, 2.05) is 13.1 Å². The van der Waals surface area contributed by atoms with E-state index in [1.54, 1.807) is 0 Å². The predicted octanol–water partition coefficient (Wildman–Crippen LogP) is 1.04. The molecule has 0 spiro atoms. The summed E-state index contributed by atoms with van der Waals surface area (Å²) in [5, 5.41) is 3.22. The molecule has 0 aromatic rings. The van der Waals surface area contributed by atoms with Crippen LogP contribution in [0.4, 0.5) is 0 Å². The van der Waals surface area contributed by atoms with Gasteiger partial charge in [-0.05, 0) is 38.9 Å². The average molecular weight is 154 g/mol. The van der Waals surface area contributed by atoms with Crippen LogP contribution in [0.3, 0.4) is 0 Å². The molecule has 64 valence electrons. The second kappa shape index (κ2) is 7.55. The van der Waals surface area contributed by atoms with E-state index in [0.29, 0.717) is 6.04 Å². The summed E-state index contributed by atoms with van der Waals surface area (Å²) >= 11 is 0.